The molecule has 1 N–H and O–H groups in total. The molecule has 28 heavy (non-hydrogen) atoms. The van der Waals surface area contributed by atoms with Crippen LogP contribution < -0.4 is 10.4 Å². The maximum absolute atomic E-state index is 11.9. The van der Waals surface area contributed by atoms with Crippen LogP contribution in [-0.4, -0.2) is 5.11 Å². The molecule has 0 aliphatic carbocycles. The van der Waals surface area contributed by atoms with Crippen LogP contribution in [0.5, 0.6) is 11.5 Å². The largest absolute Gasteiger partial charge is 0.507 e. The minimum absolute atomic E-state index is 0.0875. The van der Waals surface area contributed by atoms with Gasteiger partial charge in [-0.05, 0) is 38.1 Å². The summed E-state index contributed by atoms with van der Waals surface area (Å²) in [5, 5.41) is 11.6. The smallest absolute Gasteiger partial charge is 0.343 e. The summed E-state index contributed by atoms with van der Waals surface area (Å²) in [7, 11) is 0. The van der Waals surface area contributed by atoms with Crippen molar-refractivity contribution in [1.82, 2.24) is 0 Å². The fourth-order valence-corrected chi connectivity index (χ4v) is 3.15. The Morgan fingerprint density at radius 3 is 2.61 bits per heavy atom. The average Bonchev–Trinajstić information content (AvgIpc) is 3.11. The first-order chi connectivity index (χ1) is 13.4. The number of furan rings is 1. The van der Waals surface area contributed by atoms with E-state index in [0.29, 0.717) is 34.3 Å². The Kier molecular flexibility index (Phi) is 4.61. The number of fused-ring (bicyclic) bond motifs is 1. The molecule has 0 amide bonds. The minimum atomic E-state index is -0.595. The molecule has 2 aromatic carbocycles. The van der Waals surface area contributed by atoms with E-state index in [9.17, 15) is 9.90 Å². The first-order valence-corrected chi connectivity index (χ1v) is 9.05. The third kappa shape index (κ3) is 3.25. The summed E-state index contributed by atoms with van der Waals surface area (Å²) >= 11 is 6.15. The Hall–Kier alpha value is -3.18. The lowest BCUT2D eigenvalue weighted by atomic mass is 10.1. The maximum Gasteiger partial charge on any atom is 0.343 e. The van der Waals surface area contributed by atoms with Gasteiger partial charge in [0.05, 0.1) is 5.56 Å². The number of halogens is 1. The molecule has 2 aromatic heterocycles. The molecule has 5 nitrogen and oxygen atoms in total. The molecule has 0 aliphatic rings. The Morgan fingerprint density at radius 2 is 1.82 bits per heavy atom. The van der Waals surface area contributed by atoms with Gasteiger partial charge < -0.3 is 18.7 Å². The minimum Gasteiger partial charge on any atom is -0.507 e. The fourth-order valence-electron chi connectivity index (χ4n) is 2.96. The van der Waals surface area contributed by atoms with Gasteiger partial charge in [0, 0.05) is 27.6 Å². The van der Waals surface area contributed by atoms with Crippen LogP contribution in [-0.2, 0) is 6.61 Å². The van der Waals surface area contributed by atoms with Crippen molar-refractivity contribution in [3.63, 3.8) is 0 Å². The van der Waals surface area contributed by atoms with Gasteiger partial charge in [0.1, 0.15) is 23.7 Å². The SMILES string of the molecule is Cc1c(-c2cc3ccc(OCc4ccccc4Cl)cc3o2)oc(=O)c(C)c1O. The Morgan fingerprint density at radius 1 is 1.04 bits per heavy atom. The number of benzene rings is 2. The number of aromatic hydroxyl groups is 1. The van der Waals surface area contributed by atoms with E-state index in [1.807, 2.05) is 36.4 Å². The van der Waals surface area contributed by atoms with Crippen molar-refractivity contribution in [1.29, 1.82) is 0 Å². The first-order valence-electron chi connectivity index (χ1n) is 8.67. The van der Waals surface area contributed by atoms with Crippen molar-refractivity contribution in [2.24, 2.45) is 0 Å². The van der Waals surface area contributed by atoms with E-state index in [0.717, 1.165) is 10.9 Å². The molecular formula is C22H17ClO5. The van der Waals surface area contributed by atoms with Crippen molar-refractivity contribution in [3.8, 4) is 23.0 Å². The van der Waals surface area contributed by atoms with E-state index in [2.05, 4.69) is 0 Å². The zero-order chi connectivity index (χ0) is 19.8. The Bertz CT molecular complexity index is 1240. The summed E-state index contributed by atoms with van der Waals surface area (Å²) in [5.74, 6) is 1.11. The van der Waals surface area contributed by atoms with Gasteiger partial charge in [0.15, 0.2) is 11.5 Å². The van der Waals surface area contributed by atoms with Crippen molar-refractivity contribution >= 4 is 22.6 Å². The first kappa shape index (κ1) is 18.2. The van der Waals surface area contributed by atoms with E-state index < -0.39 is 5.63 Å². The summed E-state index contributed by atoms with van der Waals surface area (Å²) in [6.07, 6.45) is 0. The van der Waals surface area contributed by atoms with Crippen LogP contribution in [0.4, 0.5) is 0 Å². The van der Waals surface area contributed by atoms with Crippen LogP contribution in [0.3, 0.4) is 0 Å². The molecule has 0 aliphatic heterocycles. The molecule has 4 aromatic rings. The van der Waals surface area contributed by atoms with Crippen molar-refractivity contribution in [2.45, 2.75) is 20.5 Å². The molecule has 4 rings (SSSR count). The van der Waals surface area contributed by atoms with E-state index in [-0.39, 0.29) is 17.1 Å². The molecule has 0 unspecified atom stereocenters. The highest BCUT2D eigenvalue weighted by Gasteiger charge is 2.18. The summed E-state index contributed by atoms with van der Waals surface area (Å²) < 4.78 is 17.0. The standard InChI is InChI=1S/C22H17ClO5/c1-12-20(24)13(2)22(25)28-21(12)19-9-14-7-8-16(10-18(14)27-19)26-11-15-5-3-4-6-17(15)23/h3-10,24H,11H2,1-2H3. The Labute approximate surface area is 165 Å². The molecule has 2 heterocycles. The molecule has 0 radical (unpaired) electrons. The average molecular weight is 397 g/mol. The van der Waals surface area contributed by atoms with Gasteiger partial charge in [0.25, 0.3) is 0 Å². The van der Waals surface area contributed by atoms with Crippen molar-refractivity contribution in [2.75, 3.05) is 0 Å². The van der Waals surface area contributed by atoms with Crippen LogP contribution in [0.1, 0.15) is 16.7 Å². The molecule has 0 fully saturated rings. The van der Waals surface area contributed by atoms with Crippen LogP contribution in [0.2, 0.25) is 5.02 Å². The van der Waals surface area contributed by atoms with Crippen LogP contribution in [0, 0.1) is 13.8 Å². The van der Waals surface area contributed by atoms with Gasteiger partial charge >= 0.3 is 5.63 Å². The quantitative estimate of drug-likeness (QED) is 0.485. The summed E-state index contributed by atoms with van der Waals surface area (Å²) in [6.45, 7) is 3.52. The number of rotatable bonds is 4. The molecule has 142 valence electrons. The monoisotopic (exact) mass is 396 g/mol. The predicted octanol–water partition coefficient (Wildman–Crippen LogP) is 5.61. The number of ether oxygens (including phenoxy) is 1. The van der Waals surface area contributed by atoms with E-state index in [4.69, 9.17) is 25.2 Å². The molecule has 0 spiro atoms. The molecule has 0 saturated heterocycles. The summed E-state index contributed by atoms with van der Waals surface area (Å²) in [5.41, 5.74) is 1.49. The van der Waals surface area contributed by atoms with Gasteiger partial charge in [-0.25, -0.2) is 4.79 Å². The van der Waals surface area contributed by atoms with Crippen LogP contribution in [0.25, 0.3) is 22.5 Å². The topological polar surface area (TPSA) is 72.8 Å². The summed E-state index contributed by atoms with van der Waals surface area (Å²) in [4.78, 5) is 11.9. The van der Waals surface area contributed by atoms with Crippen LogP contribution >= 0.6 is 11.6 Å². The maximum atomic E-state index is 11.9. The lowest BCUT2D eigenvalue weighted by Crippen LogP contribution is -2.05. The molecule has 6 heteroatoms. The number of hydrogen-bond acceptors (Lipinski definition) is 5. The molecular weight excluding hydrogens is 380 g/mol. The zero-order valence-corrected chi connectivity index (χ0v) is 16.0. The van der Waals surface area contributed by atoms with E-state index in [1.165, 1.54) is 6.92 Å². The third-order valence-electron chi connectivity index (χ3n) is 4.62. The fraction of sp³-hybridized carbons (Fsp3) is 0.136. The van der Waals surface area contributed by atoms with Crippen molar-refractivity contribution < 1.29 is 18.7 Å². The predicted molar refractivity (Wildman–Crippen MR) is 107 cm³/mol. The molecule has 0 bridgehead atoms. The molecule has 0 atom stereocenters. The highest BCUT2D eigenvalue weighted by Crippen LogP contribution is 2.34. The van der Waals surface area contributed by atoms with Gasteiger partial charge in [-0.1, -0.05) is 29.8 Å². The van der Waals surface area contributed by atoms with Crippen LogP contribution in [0.15, 0.2) is 62.2 Å². The van der Waals surface area contributed by atoms with Gasteiger partial charge in [-0.15, -0.1) is 0 Å². The highest BCUT2D eigenvalue weighted by molar-refractivity contribution is 6.31. The normalized spacial score (nSPS) is 11.1. The van der Waals surface area contributed by atoms with Crippen molar-refractivity contribution in [3.05, 3.63) is 80.7 Å². The second-order valence-corrected chi connectivity index (χ2v) is 6.91. The lowest BCUT2D eigenvalue weighted by molar-refractivity contribution is 0.306. The third-order valence-corrected chi connectivity index (χ3v) is 4.99. The lowest BCUT2D eigenvalue weighted by Gasteiger charge is -2.07. The molecule has 0 saturated carbocycles. The second-order valence-electron chi connectivity index (χ2n) is 6.51. The zero-order valence-electron chi connectivity index (χ0n) is 15.3. The Balaban J connectivity index is 1.66. The van der Waals surface area contributed by atoms with Gasteiger partial charge in [-0.2, -0.15) is 0 Å². The van der Waals surface area contributed by atoms with Gasteiger partial charge in [-0.3, -0.25) is 0 Å². The van der Waals surface area contributed by atoms with E-state index >= 15 is 0 Å². The summed E-state index contributed by atoms with van der Waals surface area (Å²) in [6, 6.07) is 14.7. The second kappa shape index (κ2) is 7.09. The number of hydrogen-bond donors (Lipinski definition) is 1. The van der Waals surface area contributed by atoms with E-state index in [1.54, 1.807) is 19.1 Å². The highest BCUT2D eigenvalue weighted by atomic mass is 35.5. The van der Waals surface area contributed by atoms with Gasteiger partial charge in [0.2, 0.25) is 0 Å².